The Morgan fingerprint density at radius 1 is 1.50 bits per heavy atom. The summed E-state index contributed by atoms with van der Waals surface area (Å²) in [5.41, 5.74) is 1.64. The molecule has 4 heteroatoms. The molecule has 1 aliphatic rings. The fourth-order valence-corrected chi connectivity index (χ4v) is 3.21. The normalized spacial score (nSPS) is 23.4. The average molecular weight is 286 g/mol. The number of aryl methyl sites for hydroxylation is 1. The Balaban J connectivity index is 2.26. The third kappa shape index (κ3) is 2.50. The van der Waals surface area contributed by atoms with Crippen LogP contribution in [0.1, 0.15) is 29.3 Å². The molecule has 1 heterocycles. The second-order valence-electron chi connectivity index (χ2n) is 4.95. The van der Waals surface area contributed by atoms with Gasteiger partial charge in [-0.25, -0.2) is 0 Å². The molecular weight excluding hydrogens is 269 g/mol. The maximum absolute atomic E-state index is 12.5. The molecule has 1 saturated heterocycles. The molecule has 2 unspecified atom stereocenters. The summed E-state index contributed by atoms with van der Waals surface area (Å²) in [7, 11) is 0. The predicted octanol–water partition coefficient (Wildman–Crippen LogP) is 3.74. The lowest BCUT2D eigenvalue weighted by Crippen LogP contribution is -2.38. The first-order valence-electron chi connectivity index (χ1n) is 6.17. The largest absolute Gasteiger partial charge is 0.334 e. The molecule has 2 nitrogen and oxygen atoms in total. The fourth-order valence-electron chi connectivity index (χ4n) is 2.52. The number of hydrogen-bond donors (Lipinski definition) is 0. The first-order valence-corrected chi connectivity index (χ1v) is 7.09. The molecule has 1 aliphatic heterocycles. The van der Waals surface area contributed by atoms with Gasteiger partial charge in [0.05, 0.1) is 0 Å². The molecule has 0 N–H and O–H groups in total. The van der Waals surface area contributed by atoms with Crippen molar-refractivity contribution in [2.24, 2.45) is 5.92 Å². The quantitative estimate of drug-likeness (QED) is 0.758. The Morgan fingerprint density at radius 3 is 2.83 bits per heavy atom. The summed E-state index contributed by atoms with van der Waals surface area (Å²) in [5, 5.41) is 0.660. The molecule has 0 bridgehead atoms. The summed E-state index contributed by atoms with van der Waals surface area (Å²) in [4.78, 5) is 14.4. The van der Waals surface area contributed by atoms with Crippen LogP contribution in [0.5, 0.6) is 0 Å². The van der Waals surface area contributed by atoms with Crippen molar-refractivity contribution in [1.29, 1.82) is 0 Å². The lowest BCUT2D eigenvalue weighted by molar-refractivity contribution is 0.0736. The number of hydrogen-bond acceptors (Lipinski definition) is 1. The Morgan fingerprint density at radius 2 is 2.22 bits per heavy atom. The summed E-state index contributed by atoms with van der Waals surface area (Å²) < 4.78 is 0. The van der Waals surface area contributed by atoms with Gasteiger partial charge in [0.25, 0.3) is 5.91 Å². The van der Waals surface area contributed by atoms with Gasteiger partial charge >= 0.3 is 0 Å². The highest BCUT2D eigenvalue weighted by Gasteiger charge is 2.34. The maximum atomic E-state index is 12.5. The van der Waals surface area contributed by atoms with Crippen molar-refractivity contribution in [2.45, 2.75) is 26.3 Å². The van der Waals surface area contributed by atoms with E-state index in [4.69, 9.17) is 23.2 Å². The van der Waals surface area contributed by atoms with Crippen LogP contribution in [-0.2, 0) is 0 Å². The lowest BCUT2D eigenvalue weighted by Gasteiger charge is -2.25. The van der Waals surface area contributed by atoms with E-state index in [1.807, 2.05) is 17.9 Å². The van der Waals surface area contributed by atoms with Crippen LogP contribution in [0.3, 0.4) is 0 Å². The van der Waals surface area contributed by atoms with E-state index in [2.05, 4.69) is 6.92 Å². The summed E-state index contributed by atoms with van der Waals surface area (Å²) in [5.74, 6) is 1.04. The van der Waals surface area contributed by atoms with E-state index >= 15 is 0 Å². The van der Waals surface area contributed by atoms with E-state index in [9.17, 15) is 4.79 Å². The summed E-state index contributed by atoms with van der Waals surface area (Å²) in [6, 6.07) is 5.53. The van der Waals surface area contributed by atoms with Crippen LogP contribution < -0.4 is 0 Å². The lowest BCUT2D eigenvalue weighted by atomic mass is 10.0. The van der Waals surface area contributed by atoms with Gasteiger partial charge in [-0.3, -0.25) is 4.79 Å². The van der Waals surface area contributed by atoms with Crippen molar-refractivity contribution in [1.82, 2.24) is 4.90 Å². The van der Waals surface area contributed by atoms with Crippen molar-refractivity contribution >= 4 is 29.1 Å². The molecule has 2 atom stereocenters. The van der Waals surface area contributed by atoms with E-state index in [1.165, 1.54) is 0 Å². The van der Waals surface area contributed by atoms with Crippen molar-refractivity contribution in [3.8, 4) is 0 Å². The van der Waals surface area contributed by atoms with E-state index in [-0.39, 0.29) is 11.9 Å². The van der Waals surface area contributed by atoms with Crippen LogP contribution >= 0.6 is 23.2 Å². The van der Waals surface area contributed by atoms with Crippen LogP contribution in [0.2, 0.25) is 5.02 Å². The Hall–Kier alpha value is -0.730. The number of nitrogens with zero attached hydrogens (tertiary/aromatic N) is 1. The van der Waals surface area contributed by atoms with E-state index in [0.717, 1.165) is 24.1 Å². The van der Waals surface area contributed by atoms with Crippen LogP contribution in [0.4, 0.5) is 0 Å². The molecule has 1 amide bonds. The molecule has 0 spiro atoms. The van der Waals surface area contributed by atoms with Gasteiger partial charge in [0.1, 0.15) is 0 Å². The number of carbonyl (C=O) groups excluding carboxylic acids is 1. The van der Waals surface area contributed by atoms with Crippen LogP contribution in [0, 0.1) is 12.8 Å². The Labute approximate surface area is 118 Å². The number of alkyl halides is 1. The standard InChI is InChI=1S/C14H17Cl2NO/c1-9-5-6-17(13(9)8-15)14(18)12-4-3-11(16)7-10(12)2/h3-4,7,9,13H,5-6,8H2,1-2H3. The minimum absolute atomic E-state index is 0.0687. The maximum Gasteiger partial charge on any atom is 0.254 e. The van der Waals surface area contributed by atoms with Gasteiger partial charge in [0.15, 0.2) is 0 Å². The molecular formula is C14H17Cl2NO. The number of amides is 1. The highest BCUT2D eigenvalue weighted by atomic mass is 35.5. The third-order valence-corrected chi connectivity index (χ3v) is 4.27. The monoisotopic (exact) mass is 285 g/mol. The summed E-state index contributed by atoms with van der Waals surface area (Å²) in [6.07, 6.45) is 1.02. The molecule has 1 fully saturated rings. The van der Waals surface area contributed by atoms with Crippen molar-refractivity contribution < 1.29 is 4.79 Å². The zero-order chi connectivity index (χ0) is 13.3. The molecule has 1 aromatic rings. The van der Waals surface area contributed by atoms with Gasteiger partial charge in [0.2, 0.25) is 0 Å². The second-order valence-corrected chi connectivity index (χ2v) is 5.69. The highest BCUT2D eigenvalue weighted by molar-refractivity contribution is 6.30. The number of carbonyl (C=O) groups is 1. The van der Waals surface area contributed by atoms with Crippen LogP contribution in [-0.4, -0.2) is 29.3 Å². The van der Waals surface area contributed by atoms with Gasteiger partial charge in [-0.05, 0) is 43.0 Å². The molecule has 98 valence electrons. The average Bonchev–Trinajstić information content (AvgIpc) is 2.69. The minimum Gasteiger partial charge on any atom is -0.334 e. The number of likely N-dealkylation sites (tertiary alicyclic amines) is 1. The zero-order valence-electron chi connectivity index (χ0n) is 10.6. The highest BCUT2D eigenvalue weighted by Crippen LogP contribution is 2.27. The summed E-state index contributed by atoms with van der Waals surface area (Å²) in [6.45, 7) is 4.85. The third-order valence-electron chi connectivity index (χ3n) is 3.72. The molecule has 0 saturated carbocycles. The van der Waals surface area contributed by atoms with Gasteiger partial charge in [-0.1, -0.05) is 18.5 Å². The topological polar surface area (TPSA) is 20.3 Å². The Kier molecular flexibility index (Phi) is 4.18. The summed E-state index contributed by atoms with van der Waals surface area (Å²) >= 11 is 11.9. The molecule has 18 heavy (non-hydrogen) atoms. The van der Waals surface area contributed by atoms with Crippen molar-refractivity contribution in [2.75, 3.05) is 12.4 Å². The molecule has 0 aromatic heterocycles. The van der Waals surface area contributed by atoms with Crippen LogP contribution in [0.15, 0.2) is 18.2 Å². The first-order chi connectivity index (χ1) is 8.54. The van der Waals surface area contributed by atoms with Gasteiger partial charge < -0.3 is 4.90 Å². The first kappa shape index (κ1) is 13.7. The van der Waals surface area contributed by atoms with E-state index in [0.29, 0.717) is 16.8 Å². The number of benzene rings is 1. The minimum atomic E-state index is 0.0687. The SMILES string of the molecule is Cc1cc(Cl)ccc1C(=O)N1CCC(C)C1CCl. The molecule has 2 rings (SSSR count). The second kappa shape index (κ2) is 5.50. The molecule has 1 aromatic carbocycles. The smallest absolute Gasteiger partial charge is 0.254 e. The van der Waals surface area contributed by atoms with E-state index in [1.54, 1.807) is 12.1 Å². The fraction of sp³-hybridized carbons (Fsp3) is 0.500. The van der Waals surface area contributed by atoms with Crippen LogP contribution in [0.25, 0.3) is 0 Å². The molecule has 0 aliphatic carbocycles. The van der Waals surface area contributed by atoms with Gasteiger partial charge in [0, 0.05) is 29.1 Å². The van der Waals surface area contributed by atoms with Gasteiger partial charge in [-0.2, -0.15) is 0 Å². The number of rotatable bonds is 2. The van der Waals surface area contributed by atoms with E-state index < -0.39 is 0 Å². The predicted molar refractivity (Wildman–Crippen MR) is 75.5 cm³/mol. The zero-order valence-corrected chi connectivity index (χ0v) is 12.1. The Bertz CT molecular complexity index is 461. The van der Waals surface area contributed by atoms with Crippen molar-refractivity contribution in [3.63, 3.8) is 0 Å². The van der Waals surface area contributed by atoms with Crippen molar-refractivity contribution in [3.05, 3.63) is 34.3 Å². The van der Waals surface area contributed by atoms with Gasteiger partial charge in [-0.15, -0.1) is 11.6 Å². The number of halogens is 2. The molecule has 0 radical (unpaired) electrons.